The number of halogens is 1. The van der Waals surface area contributed by atoms with Gasteiger partial charge < -0.3 is 9.84 Å². The Morgan fingerprint density at radius 3 is 2.62 bits per heavy atom. The lowest BCUT2D eigenvalue weighted by atomic mass is 10.1. The fraction of sp³-hybridized carbons (Fsp3) is 0.462. The molecular formula is C13H18FNO5S. The van der Waals surface area contributed by atoms with Crippen LogP contribution < -0.4 is 4.72 Å². The van der Waals surface area contributed by atoms with E-state index in [1.54, 1.807) is 0 Å². The minimum Gasteiger partial charge on any atom is -0.481 e. The van der Waals surface area contributed by atoms with Gasteiger partial charge in [-0.2, -0.15) is 0 Å². The molecule has 8 heteroatoms. The number of carbonyl (C=O) groups is 1. The van der Waals surface area contributed by atoms with Crippen LogP contribution in [0.15, 0.2) is 23.1 Å². The molecule has 0 radical (unpaired) electrons. The molecule has 0 amide bonds. The van der Waals surface area contributed by atoms with Gasteiger partial charge in [-0.15, -0.1) is 0 Å². The monoisotopic (exact) mass is 319 g/mol. The summed E-state index contributed by atoms with van der Waals surface area (Å²) >= 11 is 0. The number of carboxylic acids is 1. The molecule has 6 nitrogen and oxygen atoms in total. The van der Waals surface area contributed by atoms with Crippen LogP contribution in [-0.4, -0.2) is 38.7 Å². The van der Waals surface area contributed by atoms with E-state index in [0.29, 0.717) is 0 Å². The van der Waals surface area contributed by atoms with E-state index in [1.807, 2.05) is 0 Å². The average Bonchev–Trinajstić information content (AvgIpc) is 2.39. The van der Waals surface area contributed by atoms with Crippen LogP contribution >= 0.6 is 0 Å². The summed E-state index contributed by atoms with van der Waals surface area (Å²) in [7, 11) is -2.85. The molecule has 0 saturated heterocycles. The Morgan fingerprint density at radius 2 is 2.10 bits per heavy atom. The van der Waals surface area contributed by atoms with E-state index in [1.165, 1.54) is 33.1 Å². The molecule has 0 unspecified atom stereocenters. The quantitative estimate of drug-likeness (QED) is 0.790. The Kier molecular flexibility index (Phi) is 5.82. The molecule has 118 valence electrons. The highest BCUT2D eigenvalue weighted by atomic mass is 32.2. The lowest BCUT2D eigenvalue weighted by molar-refractivity contribution is -0.138. The molecule has 21 heavy (non-hydrogen) atoms. The third-order valence-corrected chi connectivity index (χ3v) is 4.59. The van der Waals surface area contributed by atoms with Crippen molar-refractivity contribution in [2.75, 3.05) is 7.11 Å². The predicted molar refractivity (Wildman–Crippen MR) is 74.0 cm³/mol. The number of aliphatic carboxylic acids is 1. The van der Waals surface area contributed by atoms with E-state index in [0.717, 1.165) is 6.07 Å². The summed E-state index contributed by atoms with van der Waals surface area (Å²) in [4.78, 5) is 10.3. The minimum atomic E-state index is -4.18. The molecule has 0 aliphatic heterocycles. The number of aryl methyl sites for hydroxylation is 1. The van der Waals surface area contributed by atoms with Gasteiger partial charge in [0.15, 0.2) is 0 Å². The first kappa shape index (κ1) is 17.5. The van der Waals surface area contributed by atoms with Gasteiger partial charge in [0.2, 0.25) is 10.0 Å². The summed E-state index contributed by atoms with van der Waals surface area (Å²) in [6, 6.07) is 2.98. The van der Waals surface area contributed by atoms with Crippen LogP contribution in [0.3, 0.4) is 0 Å². The molecule has 0 bridgehead atoms. The smallest absolute Gasteiger partial charge is 0.305 e. The van der Waals surface area contributed by atoms with Crippen LogP contribution in [0, 0.1) is 12.7 Å². The van der Waals surface area contributed by atoms with Gasteiger partial charge in [0.05, 0.1) is 18.6 Å². The first-order valence-corrected chi connectivity index (χ1v) is 7.69. The summed E-state index contributed by atoms with van der Waals surface area (Å²) in [5, 5.41) is 8.83. The highest BCUT2D eigenvalue weighted by Crippen LogP contribution is 2.18. The van der Waals surface area contributed by atoms with Gasteiger partial charge >= 0.3 is 5.97 Å². The Bertz CT molecular complexity index is 617. The zero-order valence-electron chi connectivity index (χ0n) is 12.0. The van der Waals surface area contributed by atoms with Crippen LogP contribution in [0.5, 0.6) is 0 Å². The van der Waals surface area contributed by atoms with Gasteiger partial charge in [-0.05, 0) is 25.5 Å². The number of methoxy groups -OCH3 is 1. The van der Waals surface area contributed by atoms with Crippen LogP contribution in [0.4, 0.5) is 4.39 Å². The SMILES string of the molecule is CO[C@H](C)[C@@H](CC(=O)O)NS(=O)(=O)c1cccc(C)c1F. The van der Waals surface area contributed by atoms with Crippen LogP contribution in [-0.2, 0) is 19.6 Å². The zero-order chi connectivity index (χ0) is 16.2. The van der Waals surface area contributed by atoms with Gasteiger partial charge in [0.1, 0.15) is 10.7 Å². The number of hydrogen-bond acceptors (Lipinski definition) is 4. The number of rotatable bonds is 7. The molecular weight excluding hydrogens is 301 g/mol. The number of carboxylic acid groups (broad SMARTS) is 1. The van der Waals surface area contributed by atoms with Crippen LogP contribution in [0.1, 0.15) is 18.9 Å². The molecule has 1 aromatic carbocycles. The molecule has 0 heterocycles. The summed E-state index contributed by atoms with van der Waals surface area (Å²) in [6.45, 7) is 2.98. The molecule has 2 atom stereocenters. The van der Waals surface area contributed by atoms with E-state index < -0.39 is 45.3 Å². The van der Waals surface area contributed by atoms with Gasteiger partial charge in [-0.1, -0.05) is 12.1 Å². The number of ether oxygens (including phenoxy) is 1. The molecule has 0 aliphatic carbocycles. The second-order valence-electron chi connectivity index (χ2n) is 4.65. The Labute approximate surface area is 123 Å². The molecule has 1 rings (SSSR count). The maximum atomic E-state index is 13.9. The van der Waals surface area contributed by atoms with Crippen molar-refractivity contribution in [1.82, 2.24) is 4.72 Å². The van der Waals surface area contributed by atoms with Crippen molar-refractivity contribution in [2.45, 2.75) is 37.3 Å². The zero-order valence-corrected chi connectivity index (χ0v) is 12.8. The number of hydrogen-bond donors (Lipinski definition) is 2. The van der Waals surface area contributed by atoms with E-state index in [4.69, 9.17) is 9.84 Å². The van der Waals surface area contributed by atoms with E-state index in [-0.39, 0.29) is 5.56 Å². The second-order valence-corrected chi connectivity index (χ2v) is 6.34. The third kappa shape index (κ3) is 4.48. The van der Waals surface area contributed by atoms with Crippen molar-refractivity contribution in [3.05, 3.63) is 29.6 Å². The molecule has 0 aromatic heterocycles. The van der Waals surface area contributed by atoms with Gasteiger partial charge in [0, 0.05) is 7.11 Å². The van der Waals surface area contributed by atoms with Crippen LogP contribution in [0.2, 0.25) is 0 Å². The Balaban J connectivity index is 3.11. The third-order valence-electron chi connectivity index (χ3n) is 3.09. The highest BCUT2D eigenvalue weighted by Gasteiger charge is 2.28. The van der Waals surface area contributed by atoms with Crippen LogP contribution in [0.25, 0.3) is 0 Å². The molecule has 0 saturated carbocycles. The van der Waals surface area contributed by atoms with Crippen molar-refractivity contribution < 1.29 is 27.4 Å². The minimum absolute atomic E-state index is 0.187. The summed E-state index contributed by atoms with van der Waals surface area (Å²) in [5.74, 6) is -2.04. The van der Waals surface area contributed by atoms with Gasteiger partial charge in [-0.3, -0.25) is 4.79 Å². The largest absolute Gasteiger partial charge is 0.481 e. The van der Waals surface area contributed by atoms with Crippen molar-refractivity contribution in [3.8, 4) is 0 Å². The Hall–Kier alpha value is -1.51. The summed E-state index contributed by atoms with van der Waals surface area (Å²) in [6.07, 6.45) is -1.15. The van der Waals surface area contributed by atoms with Gasteiger partial charge in [0.25, 0.3) is 0 Å². The highest BCUT2D eigenvalue weighted by molar-refractivity contribution is 7.89. The first-order chi connectivity index (χ1) is 9.69. The predicted octanol–water partition coefficient (Wildman–Crippen LogP) is 1.29. The molecule has 0 fully saturated rings. The maximum absolute atomic E-state index is 13.9. The number of nitrogens with one attached hydrogen (secondary N) is 1. The lowest BCUT2D eigenvalue weighted by Crippen LogP contribution is -2.44. The summed E-state index contributed by atoms with van der Waals surface area (Å²) < 4.78 is 45.5. The van der Waals surface area contributed by atoms with Crippen molar-refractivity contribution in [2.24, 2.45) is 0 Å². The van der Waals surface area contributed by atoms with Crippen molar-refractivity contribution in [3.63, 3.8) is 0 Å². The standard InChI is InChI=1S/C13H18FNO5S/c1-8-5-4-6-11(13(8)14)21(18,19)15-10(7-12(16)17)9(2)20-3/h4-6,9-10,15H,7H2,1-3H3,(H,16,17)/t9-,10-/m1/s1. The van der Waals surface area contributed by atoms with E-state index >= 15 is 0 Å². The fourth-order valence-electron chi connectivity index (χ4n) is 1.75. The van der Waals surface area contributed by atoms with Crippen molar-refractivity contribution >= 4 is 16.0 Å². The average molecular weight is 319 g/mol. The normalized spacial score (nSPS) is 14.7. The van der Waals surface area contributed by atoms with E-state index in [9.17, 15) is 17.6 Å². The second kappa shape index (κ2) is 6.97. The Morgan fingerprint density at radius 1 is 1.48 bits per heavy atom. The van der Waals surface area contributed by atoms with E-state index in [2.05, 4.69) is 4.72 Å². The fourth-order valence-corrected chi connectivity index (χ4v) is 3.20. The molecule has 1 aromatic rings. The number of benzene rings is 1. The first-order valence-electron chi connectivity index (χ1n) is 6.21. The maximum Gasteiger partial charge on any atom is 0.305 e. The topological polar surface area (TPSA) is 92.7 Å². The molecule has 2 N–H and O–H groups in total. The number of sulfonamides is 1. The lowest BCUT2D eigenvalue weighted by Gasteiger charge is -2.22. The molecule has 0 spiro atoms. The van der Waals surface area contributed by atoms with Gasteiger partial charge in [-0.25, -0.2) is 17.5 Å². The van der Waals surface area contributed by atoms with Crippen molar-refractivity contribution in [1.29, 1.82) is 0 Å². The summed E-state index contributed by atoms with van der Waals surface area (Å²) in [5.41, 5.74) is 0.187. The molecule has 0 aliphatic rings.